The van der Waals surface area contributed by atoms with Crippen LogP contribution in [-0.4, -0.2) is 31.4 Å². The van der Waals surface area contributed by atoms with Crippen LogP contribution in [-0.2, 0) is 14.3 Å². The second-order valence-electron chi connectivity index (χ2n) is 6.18. The Labute approximate surface area is 167 Å². The van der Waals surface area contributed by atoms with Gasteiger partial charge in [0.25, 0.3) is 0 Å². The molecule has 0 aromatic heterocycles. The average molecular weight is 453 g/mol. The fraction of sp³-hybridized carbons (Fsp3) is 0.211. The van der Waals surface area contributed by atoms with Gasteiger partial charge in [0.1, 0.15) is 11.6 Å². The van der Waals surface area contributed by atoms with Crippen LogP contribution < -0.4 is 10.2 Å². The Bertz CT molecular complexity index is 967. The molecule has 0 aliphatic carbocycles. The van der Waals surface area contributed by atoms with Gasteiger partial charge in [0, 0.05) is 29.2 Å². The Kier molecular flexibility index (Phi) is 5.73. The van der Waals surface area contributed by atoms with Gasteiger partial charge in [0.05, 0.1) is 24.3 Å². The van der Waals surface area contributed by atoms with E-state index >= 15 is 0 Å². The smallest absolute Gasteiger partial charge is 0.340 e. The van der Waals surface area contributed by atoms with Crippen LogP contribution in [0.1, 0.15) is 16.8 Å². The SMILES string of the molecule is COC(=O)c1cc(NC(=O)C2CC(=O)N(c3cccc(Br)c3)C2)c(F)cc1F. The van der Waals surface area contributed by atoms with E-state index in [0.717, 1.165) is 17.6 Å². The first-order chi connectivity index (χ1) is 13.3. The number of methoxy groups -OCH3 is 1. The molecule has 3 rings (SSSR count). The Morgan fingerprint density at radius 2 is 1.96 bits per heavy atom. The van der Waals surface area contributed by atoms with E-state index < -0.39 is 35.0 Å². The van der Waals surface area contributed by atoms with Crippen molar-refractivity contribution in [1.82, 2.24) is 0 Å². The summed E-state index contributed by atoms with van der Waals surface area (Å²) in [4.78, 5) is 37.8. The molecule has 1 unspecified atom stereocenters. The summed E-state index contributed by atoms with van der Waals surface area (Å²) in [5, 5.41) is 2.33. The Balaban J connectivity index is 1.77. The number of nitrogens with one attached hydrogen (secondary N) is 1. The number of carbonyl (C=O) groups is 3. The molecule has 28 heavy (non-hydrogen) atoms. The van der Waals surface area contributed by atoms with Crippen molar-refractivity contribution in [2.45, 2.75) is 6.42 Å². The lowest BCUT2D eigenvalue weighted by atomic mass is 10.1. The molecule has 0 radical (unpaired) electrons. The standard InChI is InChI=1S/C19H15BrF2N2O4/c1-28-19(27)13-7-16(15(22)8-14(13)21)23-18(26)10-5-17(25)24(9-10)12-4-2-3-11(20)6-12/h2-4,6-8,10H,5,9H2,1H3,(H,23,26). The first-order valence-electron chi connectivity index (χ1n) is 8.24. The Morgan fingerprint density at radius 1 is 1.21 bits per heavy atom. The summed E-state index contributed by atoms with van der Waals surface area (Å²) in [5.74, 6) is -4.70. The number of rotatable bonds is 4. The highest BCUT2D eigenvalue weighted by Crippen LogP contribution is 2.28. The predicted octanol–water partition coefficient (Wildman–Crippen LogP) is 3.51. The summed E-state index contributed by atoms with van der Waals surface area (Å²) in [6, 6.07) is 8.44. The molecule has 1 fully saturated rings. The maximum Gasteiger partial charge on any atom is 0.340 e. The molecule has 1 heterocycles. The van der Waals surface area contributed by atoms with Crippen molar-refractivity contribution in [1.29, 1.82) is 0 Å². The third-order valence-corrected chi connectivity index (χ3v) is 4.83. The number of anilines is 2. The van der Waals surface area contributed by atoms with Gasteiger partial charge < -0.3 is 15.0 Å². The van der Waals surface area contributed by atoms with Gasteiger partial charge in [0.15, 0.2) is 0 Å². The summed E-state index contributed by atoms with van der Waals surface area (Å²) >= 11 is 3.33. The van der Waals surface area contributed by atoms with Crippen LogP contribution in [0.5, 0.6) is 0 Å². The van der Waals surface area contributed by atoms with Gasteiger partial charge in [-0.25, -0.2) is 13.6 Å². The van der Waals surface area contributed by atoms with Crippen molar-refractivity contribution in [3.8, 4) is 0 Å². The first kappa shape index (κ1) is 19.9. The highest BCUT2D eigenvalue weighted by Gasteiger charge is 2.35. The molecular weight excluding hydrogens is 438 g/mol. The zero-order valence-electron chi connectivity index (χ0n) is 14.7. The van der Waals surface area contributed by atoms with E-state index in [0.29, 0.717) is 11.8 Å². The van der Waals surface area contributed by atoms with Gasteiger partial charge in [0.2, 0.25) is 11.8 Å². The van der Waals surface area contributed by atoms with E-state index in [4.69, 9.17) is 0 Å². The van der Waals surface area contributed by atoms with E-state index in [1.54, 1.807) is 18.2 Å². The van der Waals surface area contributed by atoms with Gasteiger partial charge in [-0.3, -0.25) is 9.59 Å². The minimum absolute atomic E-state index is 0.0506. The molecule has 0 spiro atoms. The Morgan fingerprint density at radius 3 is 2.64 bits per heavy atom. The monoisotopic (exact) mass is 452 g/mol. The lowest BCUT2D eigenvalue weighted by Crippen LogP contribution is -2.28. The quantitative estimate of drug-likeness (QED) is 0.720. The van der Waals surface area contributed by atoms with E-state index in [1.807, 2.05) is 6.07 Å². The maximum atomic E-state index is 14.0. The number of ether oxygens (including phenoxy) is 1. The molecule has 1 saturated heterocycles. The number of benzene rings is 2. The van der Waals surface area contributed by atoms with Crippen LogP contribution in [0.15, 0.2) is 40.9 Å². The normalized spacial score (nSPS) is 16.2. The van der Waals surface area contributed by atoms with Gasteiger partial charge >= 0.3 is 5.97 Å². The summed E-state index contributed by atoms with van der Waals surface area (Å²) in [7, 11) is 1.06. The van der Waals surface area contributed by atoms with Crippen LogP contribution in [0.2, 0.25) is 0 Å². The molecule has 2 aromatic rings. The van der Waals surface area contributed by atoms with Crippen molar-refractivity contribution in [3.63, 3.8) is 0 Å². The molecule has 1 N–H and O–H groups in total. The van der Waals surface area contributed by atoms with Crippen molar-refractivity contribution >= 4 is 45.1 Å². The molecule has 1 atom stereocenters. The van der Waals surface area contributed by atoms with Gasteiger partial charge in [-0.05, 0) is 24.3 Å². The average Bonchev–Trinajstić information content (AvgIpc) is 3.05. The second kappa shape index (κ2) is 8.05. The Hall–Kier alpha value is -2.81. The fourth-order valence-corrected chi connectivity index (χ4v) is 3.31. The predicted molar refractivity (Wildman–Crippen MR) is 101 cm³/mol. The fourth-order valence-electron chi connectivity index (χ4n) is 2.92. The summed E-state index contributed by atoms with van der Waals surface area (Å²) in [6.45, 7) is 0.119. The molecule has 2 amide bonds. The topological polar surface area (TPSA) is 75.7 Å². The number of hydrogen-bond donors (Lipinski definition) is 1. The molecule has 0 bridgehead atoms. The summed E-state index contributed by atoms with van der Waals surface area (Å²) < 4.78 is 33.0. The summed E-state index contributed by atoms with van der Waals surface area (Å²) in [5.41, 5.74) is -0.228. The molecule has 6 nitrogen and oxygen atoms in total. The number of halogens is 3. The van der Waals surface area contributed by atoms with E-state index in [-0.39, 0.29) is 24.6 Å². The van der Waals surface area contributed by atoms with Gasteiger partial charge in [-0.15, -0.1) is 0 Å². The molecule has 1 aliphatic rings. The van der Waals surface area contributed by atoms with Crippen molar-refractivity contribution < 1.29 is 27.9 Å². The maximum absolute atomic E-state index is 14.0. The van der Waals surface area contributed by atoms with Crippen LogP contribution in [0.4, 0.5) is 20.2 Å². The van der Waals surface area contributed by atoms with Crippen LogP contribution >= 0.6 is 15.9 Å². The van der Waals surface area contributed by atoms with E-state index in [2.05, 4.69) is 26.0 Å². The number of hydrogen-bond acceptors (Lipinski definition) is 4. The van der Waals surface area contributed by atoms with E-state index in [1.165, 1.54) is 4.90 Å². The molecule has 9 heteroatoms. The van der Waals surface area contributed by atoms with Crippen LogP contribution in [0.3, 0.4) is 0 Å². The molecule has 1 aliphatic heterocycles. The third kappa shape index (κ3) is 4.04. The zero-order chi connectivity index (χ0) is 20.4. The molecule has 146 valence electrons. The first-order valence-corrected chi connectivity index (χ1v) is 9.03. The van der Waals surface area contributed by atoms with Crippen LogP contribution in [0.25, 0.3) is 0 Å². The highest BCUT2D eigenvalue weighted by molar-refractivity contribution is 9.10. The van der Waals surface area contributed by atoms with Crippen molar-refractivity contribution in [2.75, 3.05) is 23.9 Å². The molecule has 2 aromatic carbocycles. The molecular formula is C19H15BrF2N2O4. The van der Waals surface area contributed by atoms with Gasteiger partial charge in [-0.2, -0.15) is 0 Å². The highest BCUT2D eigenvalue weighted by atomic mass is 79.9. The number of nitrogens with zero attached hydrogens (tertiary/aromatic N) is 1. The lowest BCUT2D eigenvalue weighted by molar-refractivity contribution is -0.122. The zero-order valence-corrected chi connectivity index (χ0v) is 16.3. The third-order valence-electron chi connectivity index (χ3n) is 4.34. The largest absolute Gasteiger partial charge is 0.465 e. The van der Waals surface area contributed by atoms with Crippen LogP contribution in [0, 0.1) is 17.6 Å². The van der Waals surface area contributed by atoms with Crippen molar-refractivity contribution in [3.05, 3.63) is 58.1 Å². The number of carbonyl (C=O) groups excluding carboxylic acids is 3. The lowest BCUT2D eigenvalue weighted by Gasteiger charge is -2.17. The van der Waals surface area contributed by atoms with Crippen molar-refractivity contribution in [2.24, 2.45) is 5.92 Å². The second-order valence-corrected chi connectivity index (χ2v) is 7.09. The number of amides is 2. The minimum Gasteiger partial charge on any atom is -0.465 e. The van der Waals surface area contributed by atoms with E-state index in [9.17, 15) is 23.2 Å². The molecule has 0 saturated carbocycles. The summed E-state index contributed by atoms with van der Waals surface area (Å²) in [6.07, 6.45) is -0.0506. The van der Waals surface area contributed by atoms with Gasteiger partial charge in [-0.1, -0.05) is 22.0 Å². The minimum atomic E-state index is -1.10. The number of esters is 1.